The molecule has 0 unspecified atom stereocenters. The molecule has 14 heavy (non-hydrogen) atoms. The third-order valence-electron chi connectivity index (χ3n) is 2.26. The molecule has 2 rings (SSSR count). The molecule has 4 heteroatoms. The quantitative estimate of drug-likeness (QED) is 0.744. The first kappa shape index (κ1) is 9.02. The lowest BCUT2D eigenvalue weighted by atomic mass is 10.2. The summed E-state index contributed by atoms with van der Waals surface area (Å²) in [5, 5.41) is 14.8. The van der Waals surface area contributed by atoms with E-state index < -0.39 is 0 Å². The Balaban J connectivity index is 2.66. The number of benzene rings is 1. The maximum Gasteiger partial charge on any atom is 0.117 e. The molecule has 0 aliphatic carbocycles. The molecular weight excluding hydrogens is 178 g/mol. The van der Waals surface area contributed by atoms with Crippen LogP contribution in [0, 0.1) is 6.92 Å². The summed E-state index contributed by atoms with van der Waals surface area (Å²) in [5.74, 6) is 0.260. The van der Waals surface area contributed by atoms with Crippen molar-refractivity contribution in [1.29, 1.82) is 0 Å². The summed E-state index contributed by atoms with van der Waals surface area (Å²) >= 11 is 0. The van der Waals surface area contributed by atoms with E-state index in [9.17, 15) is 5.11 Å². The van der Waals surface area contributed by atoms with Crippen molar-refractivity contribution in [3.05, 3.63) is 23.9 Å². The summed E-state index contributed by atoms with van der Waals surface area (Å²) in [6.07, 6.45) is 0. The largest absolute Gasteiger partial charge is 0.508 e. The molecule has 0 saturated carbocycles. The molecule has 0 aliphatic rings. The monoisotopic (exact) mass is 191 g/mol. The molecule has 0 aliphatic heterocycles. The van der Waals surface area contributed by atoms with Gasteiger partial charge in [-0.25, -0.2) is 0 Å². The Morgan fingerprint density at radius 3 is 3.00 bits per heavy atom. The van der Waals surface area contributed by atoms with Crippen molar-refractivity contribution in [3.63, 3.8) is 0 Å². The molecule has 0 amide bonds. The number of phenolic OH excluding ortho intramolecular Hbond substituents is 1. The molecule has 0 radical (unpaired) electrons. The van der Waals surface area contributed by atoms with E-state index in [1.54, 1.807) is 12.1 Å². The maximum atomic E-state index is 9.36. The number of hydrogen-bond acceptors (Lipinski definition) is 3. The Bertz CT molecular complexity index is 462. The summed E-state index contributed by atoms with van der Waals surface area (Å²) in [7, 11) is 0. The zero-order valence-electron chi connectivity index (χ0n) is 8.07. The van der Waals surface area contributed by atoms with Crippen molar-refractivity contribution in [1.82, 2.24) is 9.78 Å². The highest BCUT2D eigenvalue weighted by atomic mass is 16.3. The molecule has 4 nitrogen and oxygen atoms in total. The number of aromatic nitrogens is 2. The fourth-order valence-electron chi connectivity index (χ4n) is 1.62. The molecule has 1 heterocycles. The average molecular weight is 191 g/mol. The number of phenols is 1. The highest BCUT2D eigenvalue weighted by molar-refractivity contribution is 5.83. The molecular formula is C10H13N3O. The fraction of sp³-hybridized carbons (Fsp3) is 0.300. The smallest absolute Gasteiger partial charge is 0.117 e. The highest BCUT2D eigenvalue weighted by Crippen LogP contribution is 2.22. The zero-order chi connectivity index (χ0) is 10.1. The number of rotatable bonds is 2. The molecule has 3 N–H and O–H groups in total. The Labute approximate surface area is 81.9 Å². The van der Waals surface area contributed by atoms with E-state index in [4.69, 9.17) is 5.73 Å². The normalized spacial score (nSPS) is 11.0. The number of hydrogen-bond donors (Lipinski definition) is 2. The maximum absolute atomic E-state index is 9.36. The SMILES string of the molecule is Cc1nn(CCN)c2cc(O)ccc12. The van der Waals surface area contributed by atoms with E-state index in [2.05, 4.69) is 5.10 Å². The third kappa shape index (κ3) is 1.33. The lowest BCUT2D eigenvalue weighted by Gasteiger charge is -2.00. The molecule has 1 aromatic carbocycles. The summed E-state index contributed by atoms with van der Waals surface area (Å²) < 4.78 is 1.82. The Morgan fingerprint density at radius 2 is 2.29 bits per heavy atom. The molecule has 0 fully saturated rings. The Kier molecular flexibility index (Phi) is 2.13. The number of aromatic hydroxyl groups is 1. The van der Waals surface area contributed by atoms with E-state index in [1.165, 1.54) is 0 Å². The van der Waals surface area contributed by atoms with Crippen LogP contribution < -0.4 is 5.73 Å². The molecule has 0 bridgehead atoms. The predicted molar refractivity (Wildman–Crippen MR) is 55.2 cm³/mol. The van der Waals surface area contributed by atoms with Crippen LogP contribution in [0.1, 0.15) is 5.69 Å². The number of nitrogens with zero attached hydrogens (tertiary/aromatic N) is 2. The van der Waals surface area contributed by atoms with Crippen molar-refractivity contribution in [2.45, 2.75) is 13.5 Å². The zero-order valence-corrected chi connectivity index (χ0v) is 8.07. The molecule has 0 spiro atoms. The van der Waals surface area contributed by atoms with Crippen molar-refractivity contribution in [3.8, 4) is 5.75 Å². The van der Waals surface area contributed by atoms with E-state index in [1.807, 2.05) is 17.7 Å². The van der Waals surface area contributed by atoms with Crippen LogP contribution in [0.25, 0.3) is 10.9 Å². The Morgan fingerprint density at radius 1 is 1.50 bits per heavy atom. The van der Waals surface area contributed by atoms with Gasteiger partial charge in [0, 0.05) is 18.0 Å². The lowest BCUT2D eigenvalue weighted by Crippen LogP contribution is -2.10. The standard InChI is InChI=1S/C10H13N3O/c1-7-9-3-2-8(14)6-10(9)13(12-7)5-4-11/h2-3,6,14H,4-5,11H2,1H3. The first-order valence-electron chi connectivity index (χ1n) is 4.58. The number of nitrogens with two attached hydrogens (primary N) is 1. The molecule has 0 atom stereocenters. The van der Waals surface area contributed by atoms with Gasteiger partial charge in [0.25, 0.3) is 0 Å². The van der Waals surface area contributed by atoms with Gasteiger partial charge in [-0.15, -0.1) is 0 Å². The van der Waals surface area contributed by atoms with E-state index in [-0.39, 0.29) is 5.75 Å². The van der Waals surface area contributed by atoms with Crippen LogP contribution >= 0.6 is 0 Å². The molecule has 2 aromatic rings. The minimum absolute atomic E-state index is 0.260. The van der Waals surface area contributed by atoms with Crippen molar-refractivity contribution >= 4 is 10.9 Å². The van der Waals surface area contributed by atoms with Gasteiger partial charge in [0.2, 0.25) is 0 Å². The van der Waals surface area contributed by atoms with Crippen LogP contribution in [0.5, 0.6) is 5.75 Å². The second kappa shape index (κ2) is 3.31. The van der Waals surface area contributed by atoms with Crippen LogP contribution in [0.3, 0.4) is 0 Å². The van der Waals surface area contributed by atoms with E-state index in [0.29, 0.717) is 13.1 Å². The van der Waals surface area contributed by atoms with Gasteiger partial charge in [-0.05, 0) is 19.1 Å². The summed E-state index contributed by atoms with van der Waals surface area (Å²) in [6, 6.07) is 5.26. The van der Waals surface area contributed by atoms with Crippen molar-refractivity contribution in [2.75, 3.05) is 6.54 Å². The van der Waals surface area contributed by atoms with E-state index in [0.717, 1.165) is 16.6 Å². The van der Waals surface area contributed by atoms with Gasteiger partial charge in [-0.2, -0.15) is 5.10 Å². The van der Waals surface area contributed by atoms with Gasteiger partial charge in [-0.1, -0.05) is 0 Å². The first-order valence-corrected chi connectivity index (χ1v) is 4.58. The van der Waals surface area contributed by atoms with Crippen LogP contribution in [-0.2, 0) is 6.54 Å². The summed E-state index contributed by atoms with van der Waals surface area (Å²) in [5.41, 5.74) is 7.38. The number of aryl methyl sites for hydroxylation is 1. The summed E-state index contributed by atoms with van der Waals surface area (Å²) in [6.45, 7) is 3.17. The lowest BCUT2D eigenvalue weighted by molar-refractivity contribution is 0.475. The fourth-order valence-corrected chi connectivity index (χ4v) is 1.62. The summed E-state index contributed by atoms with van der Waals surface area (Å²) in [4.78, 5) is 0. The Hall–Kier alpha value is -1.55. The van der Waals surface area contributed by atoms with Crippen LogP contribution in [0.15, 0.2) is 18.2 Å². The number of fused-ring (bicyclic) bond motifs is 1. The van der Waals surface area contributed by atoms with Crippen LogP contribution in [0.4, 0.5) is 0 Å². The van der Waals surface area contributed by atoms with Gasteiger partial charge in [0.1, 0.15) is 5.75 Å². The van der Waals surface area contributed by atoms with Crippen LogP contribution in [-0.4, -0.2) is 21.4 Å². The van der Waals surface area contributed by atoms with Gasteiger partial charge < -0.3 is 10.8 Å². The minimum Gasteiger partial charge on any atom is -0.508 e. The first-order chi connectivity index (χ1) is 6.72. The van der Waals surface area contributed by atoms with Crippen LogP contribution in [0.2, 0.25) is 0 Å². The molecule has 74 valence electrons. The predicted octanol–water partition coefficient (Wildman–Crippen LogP) is 1.01. The third-order valence-corrected chi connectivity index (χ3v) is 2.26. The van der Waals surface area contributed by atoms with Gasteiger partial charge in [-0.3, -0.25) is 4.68 Å². The van der Waals surface area contributed by atoms with Crippen molar-refractivity contribution in [2.24, 2.45) is 5.73 Å². The van der Waals surface area contributed by atoms with Crippen molar-refractivity contribution < 1.29 is 5.11 Å². The van der Waals surface area contributed by atoms with Gasteiger partial charge in [0.15, 0.2) is 0 Å². The average Bonchev–Trinajstić information content (AvgIpc) is 2.44. The molecule has 0 saturated heterocycles. The second-order valence-corrected chi connectivity index (χ2v) is 3.30. The topological polar surface area (TPSA) is 64.1 Å². The molecule has 1 aromatic heterocycles. The second-order valence-electron chi connectivity index (χ2n) is 3.30. The van der Waals surface area contributed by atoms with E-state index >= 15 is 0 Å². The van der Waals surface area contributed by atoms with Gasteiger partial charge >= 0.3 is 0 Å². The van der Waals surface area contributed by atoms with Gasteiger partial charge in [0.05, 0.1) is 17.8 Å². The highest BCUT2D eigenvalue weighted by Gasteiger charge is 2.06. The minimum atomic E-state index is 0.260.